The molecule has 0 aromatic heterocycles. The summed E-state index contributed by atoms with van der Waals surface area (Å²) in [6.45, 7) is 1.01. The zero-order valence-electron chi connectivity index (χ0n) is 16.0. The Morgan fingerprint density at radius 2 is 1.81 bits per heavy atom. The second-order valence-corrected chi connectivity index (χ2v) is 7.04. The quantitative estimate of drug-likeness (QED) is 0.489. The van der Waals surface area contributed by atoms with Crippen molar-refractivity contribution in [3.8, 4) is 5.75 Å². The van der Waals surface area contributed by atoms with E-state index in [1.807, 2.05) is 24.3 Å². The van der Waals surface area contributed by atoms with Crippen LogP contribution in [0.2, 0.25) is 0 Å². The fraction of sp³-hybridized carbons (Fsp3) is 0.600. The van der Waals surface area contributed by atoms with Crippen LogP contribution in [0.15, 0.2) is 24.3 Å². The zero-order chi connectivity index (χ0) is 18.8. The number of benzene rings is 1. The summed E-state index contributed by atoms with van der Waals surface area (Å²) in [5.41, 5.74) is 6.67. The van der Waals surface area contributed by atoms with Crippen molar-refractivity contribution in [1.29, 1.82) is 0 Å². The minimum atomic E-state index is -0.236. The number of hydrogen-bond donors (Lipinski definition) is 2. The lowest BCUT2D eigenvalue weighted by molar-refractivity contribution is -0.140. The third kappa shape index (κ3) is 7.77. The summed E-state index contributed by atoms with van der Waals surface area (Å²) < 4.78 is 10.2. The number of nitrogens with one attached hydrogen (secondary N) is 1. The van der Waals surface area contributed by atoms with E-state index in [0.29, 0.717) is 38.2 Å². The van der Waals surface area contributed by atoms with Gasteiger partial charge in [-0.1, -0.05) is 19.3 Å². The van der Waals surface area contributed by atoms with Gasteiger partial charge in [0.05, 0.1) is 13.7 Å². The molecule has 2 rings (SSSR count). The normalized spacial score (nSPS) is 15.3. The van der Waals surface area contributed by atoms with E-state index in [1.165, 1.54) is 13.5 Å². The summed E-state index contributed by atoms with van der Waals surface area (Å²) in [5, 5.41) is 2.95. The first-order chi connectivity index (χ1) is 12.6. The van der Waals surface area contributed by atoms with Crippen molar-refractivity contribution in [2.75, 3.05) is 25.6 Å². The predicted octanol–water partition coefficient (Wildman–Crippen LogP) is 3.68. The fourth-order valence-corrected chi connectivity index (χ4v) is 3.44. The van der Waals surface area contributed by atoms with Gasteiger partial charge in [-0.25, -0.2) is 0 Å². The molecule has 0 heterocycles. The smallest absolute Gasteiger partial charge is 0.305 e. The first-order valence-electron chi connectivity index (χ1n) is 9.36. The van der Waals surface area contributed by atoms with Crippen molar-refractivity contribution < 1.29 is 19.1 Å². The van der Waals surface area contributed by atoms with Crippen LogP contribution in [-0.4, -0.2) is 32.1 Å². The maximum atomic E-state index is 12.4. The van der Waals surface area contributed by atoms with E-state index in [9.17, 15) is 9.59 Å². The molecule has 27 heavy (non-hydrogen) atoms. The largest absolute Gasteiger partial charge is 0.494 e. The highest BCUT2D eigenvalue weighted by atomic mass is 35.5. The van der Waals surface area contributed by atoms with Gasteiger partial charge >= 0.3 is 5.97 Å². The summed E-state index contributed by atoms with van der Waals surface area (Å²) in [6.07, 6.45) is 7.06. The van der Waals surface area contributed by atoms with Crippen molar-refractivity contribution >= 4 is 30.0 Å². The molecule has 0 radical (unpaired) electrons. The Labute approximate surface area is 167 Å². The molecule has 0 bridgehead atoms. The number of nitrogens with two attached hydrogens (primary N) is 1. The van der Waals surface area contributed by atoms with E-state index in [2.05, 4.69) is 10.1 Å². The van der Waals surface area contributed by atoms with Crippen LogP contribution in [0.3, 0.4) is 0 Å². The third-order valence-corrected chi connectivity index (χ3v) is 5.04. The summed E-state index contributed by atoms with van der Waals surface area (Å²) in [5.74, 6) is 0.488. The van der Waals surface area contributed by atoms with E-state index in [-0.39, 0.29) is 29.7 Å². The Kier molecular flexibility index (Phi) is 10.2. The Morgan fingerprint density at radius 3 is 2.41 bits per heavy atom. The van der Waals surface area contributed by atoms with E-state index in [1.54, 1.807) is 0 Å². The fourth-order valence-electron chi connectivity index (χ4n) is 3.44. The van der Waals surface area contributed by atoms with Crippen LogP contribution in [-0.2, 0) is 14.3 Å². The summed E-state index contributed by atoms with van der Waals surface area (Å²) >= 11 is 0. The number of esters is 1. The first kappa shape index (κ1) is 23.2. The molecule has 7 heteroatoms. The van der Waals surface area contributed by atoms with Gasteiger partial charge in [-0.15, -0.1) is 12.4 Å². The Balaban J connectivity index is 0.00000364. The molecule has 152 valence electrons. The predicted molar refractivity (Wildman–Crippen MR) is 108 cm³/mol. The highest BCUT2D eigenvalue weighted by Crippen LogP contribution is 2.38. The van der Waals surface area contributed by atoms with E-state index >= 15 is 0 Å². The van der Waals surface area contributed by atoms with Gasteiger partial charge in [-0.3, -0.25) is 9.59 Å². The lowest BCUT2D eigenvalue weighted by Gasteiger charge is -2.35. The molecule has 1 aliphatic rings. The Morgan fingerprint density at radius 1 is 1.15 bits per heavy atom. The first-order valence-corrected chi connectivity index (χ1v) is 9.36. The Hall–Kier alpha value is -1.79. The number of methoxy groups -OCH3 is 1. The van der Waals surface area contributed by atoms with E-state index in [0.717, 1.165) is 31.4 Å². The van der Waals surface area contributed by atoms with Crippen LogP contribution in [0.4, 0.5) is 5.69 Å². The average molecular weight is 399 g/mol. The maximum Gasteiger partial charge on any atom is 0.305 e. The summed E-state index contributed by atoms with van der Waals surface area (Å²) in [7, 11) is 1.37. The second-order valence-electron chi connectivity index (χ2n) is 7.04. The number of rotatable bonds is 9. The second kappa shape index (κ2) is 11.8. The van der Waals surface area contributed by atoms with Crippen molar-refractivity contribution in [2.45, 2.75) is 51.4 Å². The molecule has 1 aromatic rings. The van der Waals surface area contributed by atoms with Crippen LogP contribution in [0.25, 0.3) is 0 Å². The standard InChI is InChI=1S/C20H30N2O4.ClH/c1-25-19(24)6-5-13-26-17-9-7-16(8-10-17)22-18(23)14-20(15-21)11-3-2-4-12-20;/h7-10H,2-6,11-15,21H2,1H3,(H,22,23);1H. The van der Waals surface area contributed by atoms with Crippen LogP contribution in [0, 0.1) is 5.41 Å². The molecular weight excluding hydrogens is 368 g/mol. The van der Waals surface area contributed by atoms with Gasteiger partial charge in [0.25, 0.3) is 0 Å². The topological polar surface area (TPSA) is 90.6 Å². The number of amides is 1. The molecule has 6 nitrogen and oxygen atoms in total. The van der Waals surface area contributed by atoms with Gasteiger partial charge < -0.3 is 20.5 Å². The number of anilines is 1. The van der Waals surface area contributed by atoms with Gasteiger partial charge in [0, 0.05) is 18.5 Å². The molecule has 0 unspecified atom stereocenters. The SMILES string of the molecule is COC(=O)CCCOc1ccc(NC(=O)CC2(CN)CCCCC2)cc1.Cl. The molecule has 1 aromatic carbocycles. The van der Waals surface area contributed by atoms with Crippen molar-refractivity contribution in [3.05, 3.63) is 24.3 Å². The van der Waals surface area contributed by atoms with Crippen molar-refractivity contribution in [2.24, 2.45) is 11.1 Å². The third-order valence-electron chi connectivity index (χ3n) is 5.04. The molecule has 1 saturated carbocycles. The summed E-state index contributed by atoms with van der Waals surface area (Å²) in [4.78, 5) is 23.4. The van der Waals surface area contributed by atoms with Gasteiger partial charge in [0.1, 0.15) is 5.75 Å². The minimum Gasteiger partial charge on any atom is -0.494 e. The van der Waals surface area contributed by atoms with Crippen LogP contribution in [0.5, 0.6) is 5.75 Å². The molecule has 1 fully saturated rings. The van der Waals surface area contributed by atoms with Gasteiger partial charge in [-0.05, 0) is 55.5 Å². The molecule has 0 atom stereocenters. The lowest BCUT2D eigenvalue weighted by Crippen LogP contribution is -2.36. The maximum absolute atomic E-state index is 12.4. The van der Waals surface area contributed by atoms with Crippen molar-refractivity contribution in [1.82, 2.24) is 0 Å². The van der Waals surface area contributed by atoms with E-state index in [4.69, 9.17) is 10.5 Å². The molecule has 0 aliphatic heterocycles. The zero-order valence-corrected chi connectivity index (χ0v) is 16.8. The number of carbonyl (C=O) groups is 2. The summed E-state index contributed by atoms with van der Waals surface area (Å²) in [6, 6.07) is 7.27. The molecule has 0 spiro atoms. The van der Waals surface area contributed by atoms with Crippen LogP contribution in [0.1, 0.15) is 51.4 Å². The Bertz CT molecular complexity index is 586. The highest BCUT2D eigenvalue weighted by Gasteiger charge is 2.32. The number of halogens is 1. The van der Waals surface area contributed by atoms with Gasteiger partial charge in [0.15, 0.2) is 0 Å². The van der Waals surface area contributed by atoms with Crippen molar-refractivity contribution in [3.63, 3.8) is 0 Å². The lowest BCUT2D eigenvalue weighted by atomic mass is 9.71. The molecule has 1 amide bonds. The molecule has 0 saturated heterocycles. The minimum absolute atomic E-state index is 0. The van der Waals surface area contributed by atoms with E-state index < -0.39 is 0 Å². The number of ether oxygens (including phenoxy) is 2. The molecule has 1 aliphatic carbocycles. The molecule has 3 N–H and O–H groups in total. The van der Waals surface area contributed by atoms with Crippen LogP contribution < -0.4 is 15.8 Å². The number of hydrogen-bond acceptors (Lipinski definition) is 5. The number of carbonyl (C=O) groups excluding carboxylic acids is 2. The van der Waals surface area contributed by atoms with Gasteiger partial charge in [0.2, 0.25) is 5.91 Å². The highest BCUT2D eigenvalue weighted by molar-refractivity contribution is 5.91. The average Bonchev–Trinajstić information content (AvgIpc) is 2.67. The monoisotopic (exact) mass is 398 g/mol. The van der Waals surface area contributed by atoms with Gasteiger partial charge in [-0.2, -0.15) is 0 Å². The molecular formula is C20H31ClN2O4. The van der Waals surface area contributed by atoms with Crippen LogP contribution >= 0.6 is 12.4 Å².